The molecule has 0 saturated heterocycles. The summed E-state index contributed by atoms with van der Waals surface area (Å²) in [5.41, 5.74) is 5.47. The average Bonchev–Trinajstić information content (AvgIpc) is 2.52. The third kappa shape index (κ3) is 4.71. The maximum Gasteiger partial charge on any atom is 0.0214 e. The normalized spacial score (nSPS) is 11.0. The van der Waals surface area contributed by atoms with Crippen LogP contribution in [0.2, 0.25) is 0 Å². The monoisotopic (exact) mass is 281 g/mol. The molecule has 0 fully saturated rings. The Labute approximate surface area is 129 Å². The fraction of sp³-hybridized carbons (Fsp3) is 0.400. The summed E-state index contributed by atoms with van der Waals surface area (Å²) in [6.07, 6.45) is 3.72. The van der Waals surface area contributed by atoms with Crippen molar-refractivity contribution in [3.8, 4) is 11.1 Å². The predicted molar refractivity (Wildman–Crippen MR) is 92.5 cm³/mol. The summed E-state index contributed by atoms with van der Waals surface area (Å²) in [5.74, 6) is 0. The highest BCUT2D eigenvalue weighted by atomic mass is 14.9. The van der Waals surface area contributed by atoms with Gasteiger partial charge in [0.2, 0.25) is 0 Å². The van der Waals surface area contributed by atoms with Crippen molar-refractivity contribution in [2.24, 2.45) is 0 Å². The molecule has 1 N–H and O–H groups in total. The quantitative estimate of drug-likeness (QED) is 0.736. The molecular weight excluding hydrogens is 254 g/mol. The zero-order valence-electron chi connectivity index (χ0n) is 13.5. The molecule has 0 aliphatic rings. The van der Waals surface area contributed by atoms with Gasteiger partial charge in [-0.15, -0.1) is 0 Å². The average molecular weight is 281 g/mol. The third-order valence-electron chi connectivity index (χ3n) is 3.80. The Kier molecular flexibility index (Phi) is 6.01. The Balaban J connectivity index is 2.17. The highest BCUT2D eigenvalue weighted by Crippen LogP contribution is 2.24. The lowest BCUT2D eigenvalue weighted by Gasteiger charge is -2.13. The topological polar surface area (TPSA) is 12.0 Å². The van der Waals surface area contributed by atoms with Crippen LogP contribution in [0.25, 0.3) is 11.1 Å². The molecule has 0 aliphatic heterocycles. The van der Waals surface area contributed by atoms with E-state index >= 15 is 0 Å². The van der Waals surface area contributed by atoms with E-state index in [1.807, 2.05) is 0 Å². The Morgan fingerprint density at radius 1 is 0.952 bits per heavy atom. The maximum absolute atomic E-state index is 3.51. The molecule has 2 rings (SSSR count). The van der Waals surface area contributed by atoms with Crippen molar-refractivity contribution in [1.82, 2.24) is 5.32 Å². The molecule has 0 saturated carbocycles. The number of benzene rings is 2. The van der Waals surface area contributed by atoms with Crippen molar-refractivity contribution in [1.29, 1.82) is 0 Å². The molecule has 0 aliphatic carbocycles. The van der Waals surface area contributed by atoms with Crippen LogP contribution in [-0.4, -0.2) is 6.04 Å². The molecular formula is C20H27N. The van der Waals surface area contributed by atoms with Crippen LogP contribution in [0.5, 0.6) is 0 Å². The lowest BCUT2D eigenvalue weighted by atomic mass is 9.97. The second-order valence-corrected chi connectivity index (χ2v) is 5.99. The highest BCUT2D eigenvalue weighted by Gasteiger charge is 2.05. The highest BCUT2D eigenvalue weighted by molar-refractivity contribution is 5.67. The van der Waals surface area contributed by atoms with Crippen molar-refractivity contribution < 1.29 is 0 Å². The number of aryl methyl sites for hydroxylation is 1. The van der Waals surface area contributed by atoms with Gasteiger partial charge >= 0.3 is 0 Å². The van der Waals surface area contributed by atoms with Gasteiger partial charge in [0, 0.05) is 12.6 Å². The van der Waals surface area contributed by atoms with Gasteiger partial charge in [-0.2, -0.15) is 0 Å². The lowest BCUT2D eigenvalue weighted by molar-refractivity contribution is 0.589. The molecule has 0 bridgehead atoms. The van der Waals surface area contributed by atoms with Crippen molar-refractivity contribution in [3.63, 3.8) is 0 Å². The van der Waals surface area contributed by atoms with Crippen LogP contribution in [0, 0.1) is 0 Å². The summed E-state index contributed by atoms with van der Waals surface area (Å²) in [6, 6.07) is 18.3. The Bertz CT molecular complexity index is 540. The Morgan fingerprint density at radius 2 is 1.67 bits per heavy atom. The number of rotatable bonds is 7. The van der Waals surface area contributed by atoms with Crippen molar-refractivity contribution in [2.75, 3.05) is 0 Å². The van der Waals surface area contributed by atoms with Gasteiger partial charge in [-0.05, 0) is 35.1 Å². The fourth-order valence-electron chi connectivity index (χ4n) is 2.50. The van der Waals surface area contributed by atoms with Gasteiger partial charge in [0.25, 0.3) is 0 Å². The Hall–Kier alpha value is -1.60. The second kappa shape index (κ2) is 7.99. The summed E-state index contributed by atoms with van der Waals surface area (Å²) in [4.78, 5) is 0. The first-order valence-electron chi connectivity index (χ1n) is 8.11. The first-order valence-corrected chi connectivity index (χ1v) is 8.11. The van der Waals surface area contributed by atoms with Crippen LogP contribution in [0.1, 0.15) is 44.7 Å². The van der Waals surface area contributed by atoms with Gasteiger partial charge in [-0.3, -0.25) is 0 Å². The van der Waals surface area contributed by atoms with Crippen LogP contribution in [0.3, 0.4) is 0 Å². The molecule has 21 heavy (non-hydrogen) atoms. The molecule has 0 heterocycles. The minimum atomic E-state index is 0.509. The molecule has 0 spiro atoms. The summed E-state index contributed by atoms with van der Waals surface area (Å²) in [5, 5.41) is 3.51. The van der Waals surface area contributed by atoms with Crippen LogP contribution >= 0.6 is 0 Å². The second-order valence-electron chi connectivity index (χ2n) is 5.99. The molecule has 1 heteroatoms. The van der Waals surface area contributed by atoms with Crippen molar-refractivity contribution in [3.05, 3.63) is 59.7 Å². The molecule has 1 nitrogen and oxygen atoms in total. The number of hydrogen-bond acceptors (Lipinski definition) is 1. The minimum absolute atomic E-state index is 0.509. The lowest BCUT2D eigenvalue weighted by Crippen LogP contribution is -2.22. The maximum atomic E-state index is 3.51. The van der Waals surface area contributed by atoms with Crippen LogP contribution in [0.15, 0.2) is 48.5 Å². The molecule has 2 aromatic rings. The zero-order valence-corrected chi connectivity index (χ0v) is 13.5. The largest absolute Gasteiger partial charge is 0.310 e. The zero-order chi connectivity index (χ0) is 15.1. The van der Waals surface area contributed by atoms with Gasteiger partial charge in [-0.1, -0.05) is 75.7 Å². The minimum Gasteiger partial charge on any atom is -0.310 e. The molecule has 2 aromatic carbocycles. The first-order chi connectivity index (χ1) is 10.2. The summed E-state index contributed by atoms with van der Waals surface area (Å²) in [7, 11) is 0. The third-order valence-corrected chi connectivity index (χ3v) is 3.80. The van der Waals surface area contributed by atoms with E-state index in [9.17, 15) is 0 Å². The fourth-order valence-corrected chi connectivity index (χ4v) is 2.50. The van der Waals surface area contributed by atoms with Crippen LogP contribution < -0.4 is 5.32 Å². The van der Waals surface area contributed by atoms with E-state index in [2.05, 4.69) is 74.6 Å². The number of hydrogen-bond donors (Lipinski definition) is 1. The van der Waals surface area contributed by atoms with E-state index in [0.717, 1.165) is 6.54 Å². The van der Waals surface area contributed by atoms with Gasteiger partial charge in [0.05, 0.1) is 0 Å². The molecule has 0 radical (unpaired) electrons. The van der Waals surface area contributed by atoms with Gasteiger partial charge in [-0.25, -0.2) is 0 Å². The van der Waals surface area contributed by atoms with Gasteiger partial charge < -0.3 is 5.32 Å². The molecule has 0 amide bonds. The van der Waals surface area contributed by atoms with E-state index in [1.54, 1.807) is 0 Å². The number of nitrogens with one attached hydrogen (secondary N) is 1. The smallest absolute Gasteiger partial charge is 0.0214 e. The van der Waals surface area contributed by atoms with E-state index in [1.165, 1.54) is 41.5 Å². The molecule has 0 unspecified atom stereocenters. The van der Waals surface area contributed by atoms with E-state index < -0.39 is 0 Å². The number of unbranched alkanes of at least 4 members (excludes halogenated alkanes) is 1. The van der Waals surface area contributed by atoms with Crippen molar-refractivity contribution in [2.45, 2.75) is 52.6 Å². The Morgan fingerprint density at radius 3 is 2.33 bits per heavy atom. The van der Waals surface area contributed by atoms with E-state index in [4.69, 9.17) is 0 Å². The van der Waals surface area contributed by atoms with Gasteiger partial charge in [0.1, 0.15) is 0 Å². The first kappa shape index (κ1) is 15.8. The van der Waals surface area contributed by atoms with E-state index in [0.29, 0.717) is 6.04 Å². The molecule has 0 aromatic heterocycles. The van der Waals surface area contributed by atoms with E-state index in [-0.39, 0.29) is 0 Å². The standard InChI is InChI=1S/C20H27N/c1-4-5-8-17-11-13-18(14-12-17)20-10-7-6-9-19(20)15-21-16(2)3/h6-7,9-14,16,21H,4-5,8,15H2,1-3H3. The SMILES string of the molecule is CCCCc1ccc(-c2ccccc2CNC(C)C)cc1. The molecule has 0 atom stereocenters. The summed E-state index contributed by atoms with van der Waals surface area (Å²) < 4.78 is 0. The van der Waals surface area contributed by atoms with Crippen molar-refractivity contribution >= 4 is 0 Å². The summed E-state index contributed by atoms with van der Waals surface area (Å²) in [6.45, 7) is 7.54. The summed E-state index contributed by atoms with van der Waals surface area (Å²) >= 11 is 0. The van der Waals surface area contributed by atoms with Crippen LogP contribution in [0.4, 0.5) is 0 Å². The van der Waals surface area contributed by atoms with Crippen LogP contribution in [-0.2, 0) is 13.0 Å². The predicted octanol–water partition coefficient (Wildman–Crippen LogP) is 5.19. The van der Waals surface area contributed by atoms with Gasteiger partial charge in [0.15, 0.2) is 0 Å². The molecule has 112 valence electrons.